The monoisotopic (exact) mass is 670 g/mol. The van der Waals surface area contributed by atoms with E-state index in [0.717, 1.165) is 30.0 Å². The number of fused-ring (bicyclic) bond motifs is 1. The van der Waals surface area contributed by atoms with Crippen LogP contribution in [0, 0.1) is 6.92 Å². The zero-order valence-electron chi connectivity index (χ0n) is 27.3. The number of ether oxygens (including phenoxy) is 2. The number of carboxylic acid groups (broad SMARTS) is 1. The van der Waals surface area contributed by atoms with Gasteiger partial charge in [0, 0.05) is 6.42 Å². The van der Waals surface area contributed by atoms with Crippen molar-refractivity contribution in [3.8, 4) is 11.5 Å². The molecule has 5 atom stereocenters. The Balaban J connectivity index is 1.29. The standard InChI is InChI=1S/C39H42O10/c1-22-19-26-20-27(37(45)46)21-29(48-38-35(44)33(42)34(43)36(49-38)39(47)17-7-8-18-39)31(26)32(41)30(22)28(40)16-15-25-12-6-5-11-24(25)14-13-23-9-3-2-4-10-23/h2-6,9-12,19-21,33-36,38,41-44,47H,7-8,13-18H2,1H3,(H,45,46). The fourth-order valence-corrected chi connectivity index (χ4v) is 7.32. The van der Waals surface area contributed by atoms with Gasteiger partial charge in [-0.15, -0.1) is 0 Å². The summed E-state index contributed by atoms with van der Waals surface area (Å²) in [5.74, 6) is -2.23. The van der Waals surface area contributed by atoms with Gasteiger partial charge in [0.1, 0.15) is 35.9 Å². The molecule has 10 nitrogen and oxygen atoms in total. The molecule has 0 spiro atoms. The summed E-state index contributed by atoms with van der Waals surface area (Å²) in [6.45, 7) is 1.66. The molecule has 0 bridgehead atoms. The van der Waals surface area contributed by atoms with Gasteiger partial charge in [0.05, 0.1) is 22.1 Å². The third-order valence-corrected chi connectivity index (χ3v) is 9.98. The third-order valence-electron chi connectivity index (χ3n) is 9.98. The summed E-state index contributed by atoms with van der Waals surface area (Å²) in [7, 11) is 0. The van der Waals surface area contributed by atoms with Gasteiger partial charge in [-0.1, -0.05) is 73.5 Å². The number of rotatable bonds is 11. The van der Waals surface area contributed by atoms with Crippen molar-refractivity contribution in [2.24, 2.45) is 0 Å². The molecule has 1 aliphatic carbocycles. The Kier molecular flexibility index (Phi) is 10.1. The van der Waals surface area contributed by atoms with Crippen LogP contribution in [0.25, 0.3) is 10.8 Å². The van der Waals surface area contributed by atoms with E-state index in [1.54, 1.807) is 13.0 Å². The topological polar surface area (TPSA) is 174 Å². The molecule has 4 aromatic carbocycles. The zero-order chi connectivity index (χ0) is 34.9. The fourth-order valence-electron chi connectivity index (χ4n) is 7.32. The summed E-state index contributed by atoms with van der Waals surface area (Å²) in [6.07, 6.45) is -3.89. The lowest BCUT2D eigenvalue weighted by Crippen LogP contribution is -2.65. The van der Waals surface area contributed by atoms with Crippen molar-refractivity contribution in [3.05, 3.63) is 106 Å². The van der Waals surface area contributed by atoms with Gasteiger partial charge in [0.25, 0.3) is 0 Å². The first-order valence-corrected chi connectivity index (χ1v) is 16.7. The second kappa shape index (κ2) is 14.3. The summed E-state index contributed by atoms with van der Waals surface area (Å²) in [4.78, 5) is 25.9. The SMILES string of the molecule is Cc1cc2cc(C(=O)O)cc(OC3OC(C4(O)CCCC4)C(O)C(O)C3O)c2c(O)c1C(=O)CCc1ccccc1CCc1ccccc1. The molecule has 6 N–H and O–H groups in total. The highest BCUT2D eigenvalue weighted by atomic mass is 16.7. The van der Waals surface area contributed by atoms with Crippen molar-refractivity contribution >= 4 is 22.5 Å². The van der Waals surface area contributed by atoms with E-state index in [1.807, 2.05) is 36.4 Å². The molecule has 6 rings (SSSR count). The highest BCUT2D eigenvalue weighted by Crippen LogP contribution is 2.43. The van der Waals surface area contributed by atoms with Gasteiger partial charge in [-0.3, -0.25) is 4.79 Å². The summed E-state index contributed by atoms with van der Waals surface area (Å²) in [5, 5.41) is 65.2. The smallest absolute Gasteiger partial charge is 0.335 e. The van der Waals surface area contributed by atoms with Gasteiger partial charge < -0.3 is 40.1 Å². The van der Waals surface area contributed by atoms with Gasteiger partial charge in [-0.25, -0.2) is 4.79 Å². The van der Waals surface area contributed by atoms with Crippen LogP contribution in [0.3, 0.4) is 0 Å². The van der Waals surface area contributed by atoms with Crippen LogP contribution in [-0.2, 0) is 24.0 Å². The van der Waals surface area contributed by atoms with Crippen LogP contribution in [0.15, 0.2) is 72.8 Å². The quantitative estimate of drug-likeness (QED) is 0.123. The maximum Gasteiger partial charge on any atom is 0.335 e. The molecule has 10 heteroatoms. The van der Waals surface area contributed by atoms with Crippen molar-refractivity contribution in [3.63, 3.8) is 0 Å². The van der Waals surface area contributed by atoms with Crippen LogP contribution in [-0.4, -0.2) is 78.7 Å². The summed E-state index contributed by atoms with van der Waals surface area (Å²) < 4.78 is 11.9. The zero-order valence-corrected chi connectivity index (χ0v) is 27.3. The Hall–Kier alpha value is -4.32. The lowest BCUT2D eigenvalue weighted by atomic mass is 9.85. The number of aliphatic hydroxyl groups is 4. The van der Waals surface area contributed by atoms with E-state index in [4.69, 9.17) is 9.47 Å². The highest BCUT2D eigenvalue weighted by molar-refractivity contribution is 6.09. The van der Waals surface area contributed by atoms with Gasteiger partial charge >= 0.3 is 5.97 Å². The molecule has 1 saturated heterocycles. The van der Waals surface area contributed by atoms with Crippen molar-refractivity contribution < 1.29 is 49.7 Å². The summed E-state index contributed by atoms with van der Waals surface area (Å²) in [6, 6.07) is 22.2. The largest absolute Gasteiger partial charge is 0.506 e. The number of carbonyl (C=O) groups excluding carboxylic acids is 1. The van der Waals surface area contributed by atoms with Crippen molar-refractivity contribution in [1.82, 2.24) is 0 Å². The number of carbonyl (C=O) groups is 2. The minimum Gasteiger partial charge on any atom is -0.506 e. The number of carboxylic acids is 1. The molecular formula is C39H42O10. The van der Waals surface area contributed by atoms with Crippen LogP contribution < -0.4 is 4.74 Å². The fraction of sp³-hybridized carbons (Fsp3) is 0.385. The molecule has 2 fully saturated rings. The highest BCUT2D eigenvalue weighted by Gasteiger charge is 2.54. The Morgan fingerprint density at radius 3 is 2.18 bits per heavy atom. The average molecular weight is 671 g/mol. The molecular weight excluding hydrogens is 628 g/mol. The Morgan fingerprint density at radius 2 is 1.51 bits per heavy atom. The van der Waals surface area contributed by atoms with E-state index in [9.17, 15) is 40.2 Å². The number of ketones is 1. The number of Topliss-reactive ketones (excluding diaryl/α,β-unsaturated/α-hetero) is 1. The minimum atomic E-state index is -1.78. The van der Waals surface area contributed by atoms with E-state index in [1.165, 1.54) is 11.6 Å². The van der Waals surface area contributed by atoms with Crippen LogP contribution in [0.5, 0.6) is 11.5 Å². The number of aliphatic hydroxyl groups excluding tert-OH is 3. The van der Waals surface area contributed by atoms with E-state index in [2.05, 4.69) is 18.2 Å². The predicted molar refractivity (Wildman–Crippen MR) is 181 cm³/mol. The van der Waals surface area contributed by atoms with Crippen LogP contribution in [0.2, 0.25) is 0 Å². The average Bonchev–Trinajstić information content (AvgIpc) is 3.54. The van der Waals surface area contributed by atoms with Crippen LogP contribution >= 0.6 is 0 Å². The van der Waals surface area contributed by atoms with Crippen molar-refractivity contribution in [2.75, 3.05) is 0 Å². The normalized spacial score (nSPS) is 23.4. The molecule has 49 heavy (non-hydrogen) atoms. The first-order chi connectivity index (χ1) is 23.5. The number of hydrogen-bond donors (Lipinski definition) is 6. The Bertz CT molecular complexity index is 1830. The molecule has 1 saturated carbocycles. The Morgan fingerprint density at radius 1 is 0.857 bits per heavy atom. The molecule has 0 aromatic heterocycles. The molecule has 1 heterocycles. The second-order valence-electron chi connectivity index (χ2n) is 13.3. The number of aromatic hydroxyl groups is 1. The van der Waals surface area contributed by atoms with Crippen LogP contribution in [0.4, 0.5) is 0 Å². The molecule has 4 aromatic rings. The minimum absolute atomic E-state index is 0.0229. The van der Waals surface area contributed by atoms with Crippen molar-refractivity contribution in [2.45, 2.75) is 94.6 Å². The molecule has 0 radical (unpaired) electrons. The van der Waals surface area contributed by atoms with E-state index >= 15 is 0 Å². The first kappa shape index (κ1) is 34.5. The number of aromatic carboxylic acids is 1. The number of aryl methyl sites for hydroxylation is 4. The lowest BCUT2D eigenvalue weighted by Gasteiger charge is -2.45. The molecule has 5 unspecified atom stereocenters. The van der Waals surface area contributed by atoms with Gasteiger partial charge in [-0.2, -0.15) is 0 Å². The van der Waals surface area contributed by atoms with Gasteiger partial charge in [-0.05, 0) is 78.8 Å². The summed E-state index contributed by atoms with van der Waals surface area (Å²) >= 11 is 0. The Labute approximate surface area is 284 Å². The van der Waals surface area contributed by atoms with E-state index < -0.39 is 48.0 Å². The molecule has 0 amide bonds. The predicted octanol–water partition coefficient (Wildman–Crippen LogP) is 4.64. The number of phenols is 1. The number of benzene rings is 4. The van der Waals surface area contributed by atoms with E-state index in [-0.39, 0.29) is 39.9 Å². The lowest BCUT2D eigenvalue weighted by molar-refractivity contribution is -0.303. The van der Waals surface area contributed by atoms with Gasteiger partial charge in [0.2, 0.25) is 6.29 Å². The first-order valence-electron chi connectivity index (χ1n) is 16.7. The maximum atomic E-state index is 13.8. The van der Waals surface area contributed by atoms with Crippen LogP contribution in [0.1, 0.15) is 75.1 Å². The van der Waals surface area contributed by atoms with E-state index in [0.29, 0.717) is 37.7 Å². The number of hydrogen-bond acceptors (Lipinski definition) is 9. The molecule has 1 aliphatic heterocycles. The number of phenolic OH excluding ortho intramolecular Hbond substituents is 1. The molecule has 2 aliphatic rings. The second-order valence-corrected chi connectivity index (χ2v) is 13.3. The van der Waals surface area contributed by atoms with Crippen molar-refractivity contribution in [1.29, 1.82) is 0 Å². The van der Waals surface area contributed by atoms with Gasteiger partial charge in [0.15, 0.2) is 5.78 Å². The molecule has 258 valence electrons. The summed E-state index contributed by atoms with van der Waals surface area (Å²) in [5.41, 5.74) is 2.22. The maximum absolute atomic E-state index is 13.8. The third kappa shape index (κ3) is 7.06.